The number of rotatable bonds is 6. The van der Waals surface area contributed by atoms with Crippen LogP contribution in [0.5, 0.6) is 0 Å². The minimum atomic E-state index is -0.406. The number of hydrogen-bond acceptors (Lipinski definition) is 5. The molecule has 0 fully saturated rings. The summed E-state index contributed by atoms with van der Waals surface area (Å²) in [5.74, 6) is 0.554. The van der Waals surface area contributed by atoms with E-state index in [1.54, 1.807) is 36.7 Å². The minimum Gasteiger partial charge on any atom is -0.325 e. The van der Waals surface area contributed by atoms with Crippen LogP contribution in [0.4, 0.5) is 5.69 Å². The molecule has 2 aromatic heterocycles. The Morgan fingerprint density at radius 3 is 2.58 bits per heavy atom. The molecule has 2 heterocycles. The van der Waals surface area contributed by atoms with Crippen molar-refractivity contribution in [1.82, 2.24) is 19.7 Å². The number of anilines is 1. The molecular weight excluding hydrogens is 430 g/mol. The third kappa shape index (κ3) is 4.78. The molecule has 1 atom stereocenters. The van der Waals surface area contributed by atoms with Gasteiger partial charge >= 0.3 is 0 Å². The van der Waals surface area contributed by atoms with Crippen molar-refractivity contribution < 1.29 is 4.79 Å². The number of hydrogen-bond donors (Lipinski definition) is 1. The van der Waals surface area contributed by atoms with Gasteiger partial charge in [-0.05, 0) is 55.8 Å². The Kier molecular flexibility index (Phi) is 6.34. The van der Waals surface area contributed by atoms with E-state index >= 15 is 0 Å². The van der Waals surface area contributed by atoms with Gasteiger partial charge in [0.05, 0.1) is 10.9 Å². The van der Waals surface area contributed by atoms with Crippen LogP contribution < -0.4 is 5.32 Å². The van der Waals surface area contributed by atoms with Crippen LogP contribution in [0.25, 0.3) is 17.1 Å². The fourth-order valence-corrected chi connectivity index (χ4v) is 4.14. The van der Waals surface area contributed by atoms with Crippen molar-refractivity contribution in [3.05, 3.63) is 83.6 Å². The highest BCUT2D eigenvalue weighted by Crippen LogP contribution is 2.31. The van der Waals surface area contributed by atoms with E-state index in [9.17, 15) is 4.79 Å². The van der Waals surface area contributed by atoms with Crippen LogP contribution in [0.3, 0.4) is 0 Å². The smallest absolute Gasteiger partial charge is 0.237 e. The van der Waals surface area contributed by atoms with Crippen molar-refractivity contribution >= 4 is 35.0 Å². The van der Waals surface area contributed by atoms with Crippen LogP contribution in [0, 0.1) is 6.92 Å². The Hall–Kier alpha value is -3.16. The van der Waals surface area contributed by atoms with E-state index in [1.165, 1.54) is 11.8 Å². The molecular formula is C23H20ClN5OS. The second-order valence-electron chi connectivity index (χ2n) is 6.92. The molecule has 1 amide bonds. The van der Waals surface area contributed by atoms with E-state index in [2.05, 4.69) is 20.5 Å². The monoisotopic (exact) mass is 449 g/mol. The van der Waals surface area contributed by atoms with Crippen molar-refractivity contribution in [3.63, 3.8) is 0 Å². The predicted octanol–water partition coefficient (Wildman–Crippen LogP) is 5.41. The van der Waals surface area contributed by atoms with Gasteiger partial charge in [0.15, 0.2) is 11.0 Å². The van der Waals surface area contributed by atoms with Crippen LogP contribution in [-0.4, -0.2) is 30.9 Å². The summed E-state index contributed by atoms with van der Waals surface area (Å²) in [7, 11) is 0. The molecule has 0 aliphatic rings. The molecule has 0 bridgehead atoms. The van der Waals surface area contributed by atoms with E-state index in [1.807, 2.05) is 54.8 Å². The van der Waals surface area contributed by atoms with Crippen molar-refractivity contribution in [3.8, 4) is 17.1 Å². The zero-order valence-electron chi connectivity index (χ0n) is 17.0. The normalized spacial score (nSPS) is 11.8. The molecule has 8 heteroatoms. The highest BCUT2D eigenvalue weighted by Gasteiger charge is 2.22. The van der Waals surface area contributed by atoms with Gasteiger partial charge in [-0.25, -0.2) is 0 Å². The molecule has 0 aliphatic heterocycles. The Labute approximate surface area is 189 Å². The molecule has 0 spiro atoms. The van der Waals surface area contributed by atoms with Gasteiger partial charge in [0.2, 0.25) is 5.91 Å². The SMILES string of the molecule is Cc1ccccc1-n1c(SC(C)C(=O)Nc2cccc(Cl)c2)nnc1-c1ccncc1. The lowest BCUT2D eigenvalue weighted by atomic mass is 10.2. The summed E-state index contributed by atoms with van der Waals surface area (Å²) in [6, 6.07) is 18.9. The van der Waals surface area contributed by atoms with Crippen molar-refractivity contribution in [2.45, 2.75) is 24.3 Å². The molecule has 6 nitrogen and oxygen atoms in total. The predicted molar refractivity (Wildman–Crippen MR) is 125 cm³/mol. The Balaban J connectivity index is 1.66. The first kappa shape index (κ1) is 21.1. The largest absolute Gasteiger partial charge is 0.325 e. The molecule has 0 aliphatic carbocycles. The standard InChI is InChI=1S/C23H20ClN5OS/c1-15-6-3-4-9-20(15)29-21(17-10-12-25-13-11-17)27-28-23(29)31-16(2)22(30)26-19-8-5-7-18(24)14-19/h3-14,16H,1-2H3,(H,26,30). The molecule has 1 N–H and O–H groups in total. The van der Waals surface area contributed by atoms with Gasteiger partial charge in [0, 0.05) is 28.7 Å². The highest BCUT2D eigenvalue weighted by molar-refractivity contribution is 8.00. The number of aryl methyl sites for hydroxylation is 1. The summed E-state index contributed by atoms with van der Waals surface area (Å²) < 4.78 is 1.98. The molecule has 156 valence electrons. The van der Waals surface area contributed by atoms with Crippen LogP contribution in [0.1, 0.15) is 12.5 Å². The Morgan fingerprint density at radius 2 is 1.84 bits per heavy atom. The second-order valence-corrected chi connectivity index (χ2v) is 8.67. The third-order valence-corrected chi connectivity index (χ3v) is 5.95. The van der Waals surface area contributed by atoms with Gasteiger partial charge in [0.25, 0.3) is 0 Å². The van der Waals surface area contributed by atoms with Crippen LogP contribution in [0.2, 0.25) is 5.02 Å². The lowest BCUT2D eigenvalue weighted by molar-refractivity contribution is -0.115. The number of aromatic nitrogens is 4. The molecule has 4 rings (SSSR count). The average molecular weight is 450 g/mol. The summed E-state index contributed by atoms with van der Waals surface area (Å²) in [6.45, 7) is 3.88. The number of pyridine rings is 1. The summed E-state index contributed by atoms with van der Waals surface area (Å²) in [5, 5.41) is 12.5. The van der Waals surface area contributed by atoms with Gasteiger partial charge in [-0.1, -0.05) is 47.6 Å². The van der Waals surface area contributed by atoms with Crippen LogP contribution >= 0.6 is 23.4 Å². The molecule has 0 saturated carbocycles. The maximum absolute atomic E-state index is 12.8. The quantitative estimate of drug-likeness (QED) is 0.398. The Morgan fingerprint density at radius 1 is 1.06 bits per heavy atom. The van der Waals surface area contributed by atoms with E-state index in [0.717, 1.165) is 16.8 Å². The van der Waals surface area contributed by atoms with Gasteiger partial charge in [0.1, 0.15) is 0 Å². The van der Waals surface area contributed by atoms with Gasteiger partial charge < -0.3 is 5.32 Å². The molecule has 4 aromatic rings. The maximum Gasteiger partial charge on any atom is 0.237 e. The molecule has 0 radical (unpaired) electrons. The fourth-order valence-electron chi connectivity index (χ4n) is 3.09. The number of halogens is 1. The van der Waals surface area contributed by atoms with Crippen LogP contribution in [0.15, 0.2) is 78.2 Å². The van der Waals surface area contributed by atoms with Gasteiger partial charge in [-0.3, -0.25) is 14.3 Å². The van der Waals surface area contributed by atoms with Gasteiger partial charge in [-0.15, -0.1) is 10.2 Å². The number of benzene rings is 2. The summed E-state index contributed by atoms with van der Waals surface area (Å²) >= 11 is 7.37. The first-order chi connectivity index (χ1) is 15.0. The first-order valence-corrected chi connectivity index (χ1v) is 10.9. The number of amides is 1. The lowest BCUT2D eigenvalue weighted by Gasteiger charge is -2.15. The highest BCUT2D eigenvalue weighted by atomic mass is 35.5. The first-order valence-electron chi connectivity index (χ1n) is 9.68. The van der Waals surface area contributed by atoms with Gasteiger partial charge in [-0.2, -0.15) is 0 Å². The third-order valence-electron chi connectivity index (χ3n) is 4.67. The summed E-state index contributed by atoms with van der Waals surface area (Å²) in [4.78, 5) is 16.9. The van der Waals surface area contributed by atoms with Crippen molar-refractivity contribution in [2.75, 3.05) is 5.32 Å². The number of nitrogens with zero attached hydrogens (tertiary/aromatic N) is 4. The van der Waals surface area contributed by atoms with E-state index < -0.39 is 5.25 Å². The molecule has 2 aromatic carbocycles. The lowest BCUT2D eigenvalue weighted by Crippen LogP contribution is -2.22. The van der Waals surface area contributed by atoms with Crippen molar-refractivity contribution in [1.29, 1.82) is 0 Å². The number of carbonyl (C=O) groups is 1. The number of nitrogens with one attached hydrogen (secondary N) is 1. The minimum absolute atomic E-state index is 0.142. The summed E-state index contributed by atoms with van der Waals surface area (Å²) in [6.07, 6.45) is 3.44. The second kappa shape index (κ2) is 9.32. The average Bonchev–Trinajstić information content (AvgIpc) is 3.18. The number of carbonyl (C=O) groups excluding carboxylic acids is 1. The summed E-state index contributed by atoms with van der Waals surface area (Å²) in [5.41, 5.74) is 3.59. The maximum atomic E-state index is 12.8. The topological polar surface area (TPSA) is 72.7 Å². The molecule has 0 saturated heterocycles. The number of thioether (sulfide) groups is 1. The zero-order valence-corrected chi connectivity index (χ0v) is 18.6. The molecule has 1 unspecified atom stereocenters. The molecule has 31 heavy (non-hydrogen) atoms. The number of para-hydroxylation sites is 1. The van der Waals surface area contributed by atoms with Crippen LogP contribution in [-0.2, 0) is 4.79 Å². The van der Waals surface area contributed by atoms with Crippen molar-refractivity contribution in [2.24, 2.45) is 0 Å². The zero-order chi connectivity index (χ0) is 21.8. The fraction of sp³-hybridized carbons (Fsp3) is 0.130. The van der Waals surface area contributed by atoms with E-state index in [4.69, 9.17) is 11.6 Å². The van der Waals surface area contributed by atoms with E-state index in [0.29, 0.717) is 21.7 Å². The Bertz CT molecular complexity index is 1210. The van der Waals surface area contributed by atoms with E-state index in [-0.39, 0.29) is 5.91 Å².